The van der Waals surface area contributed by atoms with Crippen molar-refractivity contribution in [2.75, 3.05) is 17.7 Å². The van der Waals surface area contributed by atoms with Crippen molar-refractivity contribution in [2.45, 2.75) is 13.5 Å². The fourth-order valence-corrected chi connectivity index (χ4v) is 1.81. The second kappa shape index (κ2) is 4.87. The highest BCUT2D eigenvalue weighted by Crippen LogP contribution is 2.15. The Morgan fingerprint density at radius 1 is 1.24 bits per heavy atom. The van der Waals surface area contributed by atoms with Gasteiger partial charge < -0.3 is 10.6 Å². The molecule has 0 aliphatic rings. The summed E-state index contributed by atoms with van der Waals surface area (Å²) in [4.78, 5) is 6.39. The lowest BCUT2D eigenvalue weighted by molar-refractivity contribution is 0.897. The van der Waals surface area contributed by atoms with E-state index in [4.69, 9.17) is 5.73 Å². The molecule has 0 spiro atoms. The zero-order chi connectivity index (χ0) is 12.3. The van der Waals surface area contributed by atoms with Crippen molar-refractivity contribution in [3.63, 3.8) is 0 Å². The Hall–Kier alpha value is -2.03. The zero-order valence-electron chi connectivity index (χ0n) is 10.2. The fourth-order valence-electron chi connectivity index (χ4n) is 1.81. The summed E-state index contributed by atoms with van der Waals surface area (Å²) >= 11 is 0. The number of rotatable bonds is 3. The molecule has 1 aromatic carbocycles. The lowest BCUT2D eigenvalue weighted by Gasteiger charge is -2.18. The molecular formula is C14H17N3. The Morgan fingerprint density at radius 2 is 2.06 bits per heavy atom. The smallest absolute Gasteiger partial charge is 0.130 e. The topological polar surface area (TPSA) is 42.1 Å². The minimum Gasteiger partial charge on any atom is -0.399 e. The first kappa shape index (κ1) is 11.5. The van der Waals surface area contributed by atoms with Crippen molar-refractivity contribution >= 4 is 11.5 Å². The lowest BCUT2D eigenvalue weighted by Crippen LogP contribution is -2.17. The molecule has 0 saturated carbocycles. The highest BCUT2D eigenvalue weighted by Gasteiger charge is 2.03. The Labute approximate surface area is 102 Å². The minimum atomic E-state index is 0.742. The molecule has 3 nitrogen and oxygen atoms in total. The quantitative estimate of drug-likeness (QED) is 0.876. The fraction of sp³-hybridized carbons (Fsp3) is 0.214. The standard InChI is InChI=1S/C14H17N3/c1-11-4-3-5-12(8-11)10-17(2)14-9-13(15)6-7-16-14/h3-9H,10H2,1-2H3,(H2,15,16). The molecule has 1 heterocycles. The van der Waals surface area contributed by atoms with E-state index in [9.17, 15) is 0 Å². The van der Waals surface area contributed by atoms with Crippen LogP contribution in [0.3, 0.4) is 0 Å². The molecule has 88 valence electrons. The van der Waals surface area contributed by atoms with Crippen LogP contribution in [0.15, 0.2) is 42.6 Å². The molecule has 0 unspecified atom stereocenters. The van der Waals surface area contributed by atoms with Gasteiger partial charge in [0.1, 0.15) is 5.82 Å². The van der Waals surface area contributed by atoms with Gasteiger partial charge in [-0.05, 0) is 18.6 Å². The second-order valence-corrected chi connectivity index (χ2v) is 4.29. The summed E-state index contributed by atoms with van der Waals surface area (Å²) in [6, 6.07) is 12.2. The van der Waals surface area contributed by atoms with E-state index in [1.54, 1.807) is 12.3 Å². The molecule has 2 rings (SSSR count). The monoisotopic (exact) mass is 227 g/mol. The van der Waals surface area contributed by atoms with Crippen LogP contribution in [0.4, 0.5) is 11.5 Å². The summed E-state index contributed by atoms with van der Waals surface area (Å²) in [7, 11) is 2.02. The van der Waals surface area contributed by atoms with Crippen molar-refractivity contribution in [1.82, 2.24) is 4.98 Å². The molecule has 0 aliphatic heterocycles. The molecule has 0 saturated heterocycles. The van der Waals surface area contributed by atoms with Gasteiger partial charge in [0.2, 0.25) is 0 Å². The number of hydrogen-bond acceptors (Lipinski definition) is 3. The van der Waals surface area contributed by atoms with Crippen molar-refractivity contribution < 1.29 is 0 Å². The van der Waals surface area contributed by atoms with Crippen LogP contribution >= 0.6 is 0 Å². The number of aromatic nitrogens is 1. The molecule has 0 aliphatic carbocycles. The molecule has 0 radical (unpaired) electrons. The van der Waals surface area contributed by atoms with Crippen LogP contribution in [0.1, 0.15) is 11.1 Å². The van der Waals surface area contributed by atoms with Gasteiger partial charge in [0.15, 0.2) is 0 Å². The van der Waals surface area contributed by atoms with Crippen LogP contribution in [0.25, 0.3) is 0 Å². The first-order valence-electron chi connectivity index (χ1n) is 5.63. The Balaban J connectivity index is 2.14. The number of hydrogen-bond donors (Lipinski definition) is 1. The van der Waals surface area contributed by atoms with E-state index >= 15 is 0 Å². The SMILES string of the molecule is Cc1cccc(CN(C)c2cc(N)ccn2)c1. The zero-order valence-corrected chi connectivity index (χ0v) is 10.2. The Bertz CT molecular complexity index is 508. The summed E-state index contributed by atoms with van der Waals surface area (Å²) in [6.45, 7) is 2.93. The Morgan fingerprint density at radius 3 is 2.76 bits per heavy atom. The first-order valence-corrected chi connectivity index (χ1v) is 5.63. The molecule has 1 aromatic heterocycles. The number of aryl methyl sites for hydroxylation is 1. The normalized spacial score (nSPS) is 10.2. The van der Waals surface area contributed by atoms with Crippen LogP contribution in [0.2, 0.25) is 0 Å². The van der Waals surface area contributed by atoms with Gasteiger partial charge in [-0.2, -0.15) is 0 Å². The largest absolute Gasteiger partial charge is 0.399 e. The number of pyridine rings is 1. The number of nitrogens with zero attached hydrogens (tertiary/aromatic N) is 2. The second-order valence-electron chi connectivity index (χ2n) is 4.29. The molecule has 2 N–H and O–H groups in total. The van der Waals surface area contributed by atoms with Gasteiger partial charge in [-0.3, -0.25) is 0 Å². The van der Waals surface area contributed by atoms with E-state index in [1.807, 2.05) is 13.1 Å². The molecular weight excluding hydrogens is 210 g/mol. The van der Waals surface area contributed by atoms with Crippen molar-refractivity contribution in [3.05, 3.63) is 53.7 Å². The summed E-state index contributed by atoms with van der Waals surface area (Å²) in [5.41, 5.74) is 9.04. The molecule has 2 aromatic rings. The highest BCUT2D eigenvalue weighted by molar-refractivity contribution is 5.50. The van der Waals surface area contributed by atoms with Gasteiger partial charge in [-0.1, -0.05) is 29.8 Å². The van der Waals surface area contributed by atoms with E-state index in [2.05, 4.69) is 41.1 Å². The number of benzene rings is 1. The van der Waals surface area contributed by atoms with Crippen LogP contribution in [0.5, 0.6) is 0 Å². The third-order valence-electron chi connectivity index (χ3n) is 2.66. The van der Waals surface area contributed by atoms with Crippen LogP contribution in [0, 0.1) is 6.92 Å². The van der Waals surface area contributed by atoms with Gasteiger partial charge in [-0.25, -0.2) is 4.98 Å². The van der Waals surface area contributed by atoms with Gasteiger partial charge in [-0.15, -0.1) is 0 Å². The third kappa shape index (κ3) is 2.97. The lowest BCUT2D eigenvalue weighted by atomic mass is 10.1. The van der Waals surface area contributed by atoms with Crippen LogP contribution in [-0.2, 0) is 6.54 Å². The van der Waals surface area contributed by atoms with Crippen molar-refractivity contribution in [3.8, 4) is 0 Å². The van der Waals surface area contributed by atoms with E-state index in [0.717, 1.165) is 18.1 Å². The summed E-state index contributed by atoms with van der Waals surface area (Å²) in [5.74, 6) is 0.895. The third-order valence-corrected chi connectivity index (χ3v) is 2.66. The average molecular weight is 227 g/mol. The maximum Gasteiger partial charge on any atom is 0.130 e. The summed E-state index contributed by atoms with van der Waals surface area (Å²) in [6.07, 6.45) is 1.73. The maximum atomic E-state index is 5.75. The van der Waals surface area contributed by atoms with E-state index < -0.39 is 0 Å². The average Bonchev–Trinajstić information content (AvgIpc) is 2.29. The molecule has 0 fully saturated rings. The van der Waals surface area contributed by atoms with Gasteiger partial charge >= 0.3 is 0 Å². The summed E-state index contributed by atoms with van der Waals surface area (Å²) in [5, 5.41) is 0. The molecule has 0 bridgehead atoms. The molecule has 17 heavy (non-hydrogen) atoms. The number of nitrogens with two attached hydrogens (primary N) is 1. The van der Waals surface area contributed by atoms with Gasteiger partial charge in [0, 0.05) is 31.5 Å². The van der Waals surface area contributed by atoms with Gasteiger partial charge in [0.05, 0.1) is 0 Å². The number of anilines is 2. The minimum absolute atomic E-state index is 0.742. The molecule has 0 amide bonds. The Kier molecular flexibility index (Phi) is 3.28. The van der Waals surface area contributed by atoms with Crippen LogP contribution < -0.4 is 10.6 Å². The van der Waals surface area contributed by atoms with E-state index in [0.29, 0.717) is 0 Å². The maximum absolute atomic E-state index is 5.75. The highest BCUT2D eigenvalue weighted by atomic mass is 15.2. The van der Waals surface area contributed by atoms with Gasteiger partial charge in [0.25, 0.3) is 0 Å². The van der Waals surface area contributed by atoms with E-state index in [1.165, 1.54) is 11.1 Å². The predicted octanol–water partition coefficient (Wildman–Crippen LogP) is 2.61. The first-order chi connectivity index (χ1) is 8.15. The predicted molar refractivity (Wildman–Crippen MR) is 71.9 cm³/mol. The van der Waals surface area contributed by atoms with Crippen molar-refractivity contribution in [2.24, 2.45) is 0 Å². The summed E-state index contributed by atoms with van der Waals surface area (Å²) < 4.78 is 0. The molecule has 3 heteroatoms. The van der Waals surface area contributed by atoms with E-state index in [-0.39, 0.29) is 0 Å². The van der Waals surface area contributed by atoms with Crippen LogP contribution in [-0.4, -0.2) is 12.0 Å². The van der Waals surface area contributed by atoms with Crippen molar-refractivity contribution in [1.29, 1.82) is 0 Å². The number of nitrogen functional groups attached to an aromatic ring is 1. The molecule has 0 atom stereocenters.